The summed E-state index contributed by atoms with van der Waals surface area (Å²) in [5.41, 5.74) is 3.54. The van der Waals surface area contributed by atoms with Crippen LogP contribution >= 0.6 is 0 Å². The summed E-state index contributed by atoms with van der Waals surface area (Å²) in [5, 5.41) is 3.10. The van der Waals surface area contributed by atoms with Crippen LogP contribution in [-0.2, 0) is 17.8 Å². The fraction of sp³-hybridized carbons (Fsp3) is 0.368. The van der Waals surface area contributed by atoms with Gasteiger partial charge in [-0.25, -0.2) is 4.98 Å². The van der Waals surface area contributed by atoms with Gasteiger partial charge in [-0.3, -0.25) is 4.79 Å². The van der Waals surface area contributed by atoms with Gasteiger partial charge < -0.3 is 10.2 Å². The van der Waals surface area contributed by atoms with Gasteiger partial charge in [0.15, 0.2) is 0 Å². The van der Waals surface area contributed by atoms with E-state index in [1.54, 1.807) is 6.20 Å². The predicted molar refractivity (Wildman–Crippen MR) is 92.5 cm³/mol. The Kier molecular flexibility index (Phi) is 4.60. The van der Waals surface area contributed by atoms with Gasteiger partial charge in [-0.05, 0) is 36.5 Å². The lowest BCUT2D eigenvalue weighted by molar-refractivity contribution is -0.123. The van der Waals surface area contributed by atoms with Crippen molar-refractivity contribution in [3.05, 3.63) is 59.3 Å². The average molecular weight is 309 g/mol. The highest BCUT2D eigenvalue weighted by atomic mass is 16.1. The van der Waals surface area contributed by atoms with Crippen LogP contribution in [0.25, 0.3) is 0 Å². The standard InChI is InChI=1S/C19H23N3O/c1-22(2)18-15(9-6-12-20-18)13-21-19(23)17-11-5-8-14-7-3-4-10-16(14)17/h3-4,6-7,9-10,12,17H,5,8,11,13H2,1-2H3,(H,21,23). The lowest BCUT2D eigenvalue weighted by atomic mass is 9.82. The van der Waals surface area contributed by atoms with Crippen LogP contribution in [0.5, 0.6) is 0 Å². The summed E-state index contributed by atoms with van der Waals surface area (Å²) in [6, 6.07) is 12.2. The van der Waals surface area contributed by atoms with Gasteiger partial charge >= 0.3 is 0 Å². The number of carbonyl (C=O) groups excluding carboxylic acids is 1. The van der Waals surface area contributed by atoms with Crippen molar-refractivity contribution >= 4 is 11.7 Å². The molecule has 0 saturated carbocycles. The third kappa shape index (κ3) is 3.36. The molecular formula is C19H23N3O. The number of nitrogens with zero attached hydrogens (tertiary/aromatic N) is 2. The number of hydrogen-bond acceptors (Lipinski definition) is 3. The molecule has 1 aliphatic carbocycles. The first kappa shape index (κ1) is 15.5. The van der Waals surface area contributed by atoms with Crippen molar-refractivity contribution in [2.24, 2.45) is 0 Å². The lowest BCUT2D eigenvalue weighted by Gasteiger charge is -2.25. The summed E-state index contributed by atoms with van der Waals surface area (Å²) in [6.45, 7) is 0.513. The van der Waals surface area contributed by atoms with E-state index in [9.17, 15) is 4.79 Å². The van der Waals surface area contributed by atoms with Crippen LogP contribution in [0.3, 0.4) is 0 Å². The van der Waals surface area contributed by atoms with E-state index in [0.29, 0.717) is 6.54 Å². The van der Waals surface area contributed by atoms with Crippen molar-refractivity contribution in [2.45, 2.75) is 31.7 Å². The number of rotatable bonds is 4. The summed E-state index contributed by atoms with van der Waals surface area (Å²) in [7, 11) is 3.93. The first-order valence-corrected chi connectivity index (χ1v) is 8.13. The number of anilines is 1. The highest BCUT2D eigenvalue weighted by molar-refractivity contribution is 5.84. The Morgan fingerprint density at radius 1 is 1.26 bits per heavy atom. The zero-order valence-corrected chi connectivity index (χ0v) is 13.7. The molecule has 0 aliphatic heterocycles. The topological polar surface area (TPSA) is 45.2 Å². The number of aryl methyl sites for hydroxylation is 1. The number of pyridine rings is 1. The Bertz CT molecular complexity index is 697. The molecule has 1 unspecified atom stereocenters. The zero-order valence-electron chi connectivity index (χ0n) is 13.7. The monoisotopic (exact) mass is 309 g/mol. The number of amides is 1. The first-order chi connectivity index (χ1) is 11.2. The molecule has 1 aromatic heterocycles. The second-order valence-corrected chi connectivity index (χ2v) is 6.24. The van der Waals surface area contributed by atoms with Gasteiger partial charge in [0.25, 0.3) is 0 Å². The SMILES string of the molecule is CN(C)c1ncccc1CNC(=O)C1CCCc2ccccc21. The van der Waals surface area contributed by atoms with Crippen molar-refractivity contribution < 1.29 is 4.79 Å². The molecule has 0 fully saturated rings. The van der Waals surface area contributed by atoms with Crippen LogP contribution < -0.4 is 10.2 Å². The lowest BCUT2D eigenvalue weighted by Crippen LogP contribution is -2.31. The second kappa shape index (κ2) is 6.82. The van der Waals surface area contributed by atoms with Crippen LogP contribution in [0.15, 0.2) is 42.6 Å². The molecule has 2 aromatic rings. The van der Waals surface area contributed by atoms with Crippen molar-refractivity contribution in [3.8, 4) is 0 Å². The van der Waals surface area contributed by atoms with Crippen LogP contribution in [0.4, 0.5) is 5.82 Å². The maximum Gasteiger partial charge on any atom is 0.227 e. The van der Waals surface area contributed by atoms with E-state index < -0.39 is 0 Å². The molecule has 1 heterocycles. The highest BCUT2D eigenvalue weighted by Crippen LogP contribution is 2.31. The maximum atomic E-state index is 12.7. The Morgan fingerprint density at radius 2 is 2.09 bits per heavy atom. The minimum absolute atomic E-state index is 0.0283. The van der Waals surface area contributed by atoms with Gasteiger partial charge in [0.2, 0.25) is 5.91 Å². The molecule has 0 spiro atoms. The van der Waals surface area contributed by atoms with Crippen molar-refractivity contribution in [1.82, 2.24) is 10.3 Å². The van der Waals surface area contributed by atoms with Crippen LogP contribution in [0, 0.1) is 0 Å². The molecule has 0 radical (unpaired) electrons. The second-order valence-electron chi connectivity index (χ2n) is 6.24. The van der Waals surface area contributed by atoms with Crippen molar-refractivity contribution in [1.29, 1.82) is 0 Å². The maximum absolute atomic E-state index is 12.7. The Morgan fingerprint density at radius 3 is 2.91 bits per heavy atom. The summed E-state index contributed by atoms with van der Waals surface area (Å²) in [4.78, 5) is 19.0. The largest absolute Gasteiger partial charge is 0.362 e. The van der Waals surface area contributed by atoms with E-state index in [0.717, 1.165) is 30.6 Å². The third-order valence-electron chi connectivity index (χ3n) is 4.43. The van der Waals surface area contributed by atoms with E-state index in [1.165, 1.54) is 11.1 Å². The Labute approximate surface area is 137 Å². The van der Waals surface area contributed by atoms with E-state index in [-0.39, 0.29) is 11.8 Å². The summed E-state index contributed by atoms with van der Waals surface area (Å²) in [5.74, 6) is 0.988. The zero-order chi connectivity index (χ0) is 16.2. The number of carbonyl (C=O) groups is 1. The van der Waals surface area contributed by atoms with Gasteiger partial charge in [-0.15, -0.1) is 0 Å². The summed E-state index contributed by atoms with van der Waals surface area (Å²) in [6.07, 6.45) is 4.85. The normalized spacial score (nSPS) is 16.5. The molecule has 1 atom stereocenters. The fourth-order valence-electron chi connectivity index (χ4n) is 3.30. The summed E-state index contributed by atoms with van der Waals surface area (Å²) >= 11 is 0. The highest BCUT2D eigenvalue weighted by Gasteiger charge is 2.26. The van der Waals surface area contributed by atoms with Gasteiger partial charge in [0, 0.05) is 32.4 Å². The smallest absolute Gasteiger partial charge is 0.227 e. The van der Waals surface area contributed by atoms with Gasteiger partial charge in [-0.2, -0.15) is 0 Å². The minimum atomic E-state index is -0.0283. The predicted octanol–water partition coefficient (Wildman–Crippen LogP) is 2.88. The molecule has 0 bridgehead atoms. The molecule has 1 aliphatic rings. The third-order valence-corrected chi connectivity index (χ3v) is 4.43. The van der Waals surface area contributed by atoms with Crippen LogP contribution in [0.1, 0.15) is 35.4 Å². The molecule has 4 nitrogen and oxygen atoms in total. The molecule has 120 valence electrons. The Hall–Kier alpha value is -2.36. The van der Waals surface area contributed by atoms with Gasteiger partial charge in [0.1, 0.15) is 5.82 Å². The number of fused-ring (bicyclic) bond motifs is 1. The van der Waals surface area contributed by atoms with Gasteiger partial charge in [0.05, 0.1) is 5.92 Å². The van der Waals surface area contributed by atoms with Crippen molar-refractivity contribution in [3.63, 3.8) is 0 Å². The molecule has 0 saturated heterocycles. The van der Waals surface area contributed by atoms with E-state index >= 15 is 0 Å². The quantitative estimate of drug-likeness (QED) is 0.944. The molecular weight excluding hydrogens is 286 g/mol. The molecule has 1 aromatic carbocycles. The average Bonchev–Trinajstić information content (AvgIpc) is 2.59. The molecule has 1 N–H and O–H groups in total. The molecule has 4 heteroatoms. The number of nitrogens with one attached hydrogen (secondary N) is 1. The van der Waals surface area contributed by atoms with E-state index in [1.807, 2.05) is 37.2 Å². The molecule has 1 amide bonds. The van der Waals surface area contributed by atoms with Crippen molar-refractivity contribution in [2.75, 3.05) is 19.0 Å². The van der Waals surface area contributed by atoms with Crippen LogP contribution in [-0.4, -0.2) is 25.0 Å². The number of benzene rings is 1. The summed E-state index contributed by atoms with van der Waals surface area (Å²) < 4.78 is 0. The van der Waals surface area contributed by atoms with Gasteiger partial charge in [-0.1, -0.05) is 30.3 Å². The first-order valence-electron chi connectivity index (χ1n) is 8.13. The van der Waals surface area contributed by atoms with E-state index in [2.05, 4.69) is 28.5 Å². The Balaban J connectivity index is 1.72. The fourth-order valence-corrected chi connectivity index (χ4v) is 3.30. The van der Waals surface area contributed by atoms with E-state index in [4.69, 9.17) is 0 Å². The number of hydrogen-bond donors (Lipinski definition) is 1. The molecule has 3 rings (SSSR count). The van der Waals surface area contributed by atoms with Crippen LogP contribution in [0.2, 0.25) is 0 Å². The number of aromatic nitrogens is 1. The molecule has 23 heavy (non-hydrogen) atoms. The minimum Gasteiger partial charge on any atom is -0.362 e.